The molecule has 1 unspecified atom stereocenters. The van der Waals surface area contributed by atoms with Crippen LogP contribution in [0, 0.1) is 0 Å². The first-order chi connectivity index (χ1) is 13.5. The van der Waals surface area contributed by atoms with Gasteiger partial charge in [0.1, 0.15) is 5.75 Å². The number of benzene rings is 2. The van der Waals surface area contributed by atoms with Crippen LogP contribution < -0.4 is 20.3 Å². The molecule has 1 aliphatic heterocycles. The minimum absolute atomic E-state index is 0.0207. The average Bonchev–Trinajstić information content (AvgIpc) is 3.14. The molecule has 7 heteroatoms. The number of para-hydroxylation sites is 1. The summed E-state index contributed by atoms with van der Waals surface area (Å²) in [6, 6.07) is 14.8. The Bertz CT molecular complexity index is 836. The van der Waals surface area contributed by atoms with E-state index in [9.17, 15) is 9.59 Å². The standard InChI is InChI=1S/C21H26N4O3/c1-24(2)18(17-6-4-5-7-19(17)28-3)14-23-20(26)15-8-10-16(11-9-15)25-13-12-22-21(25)27/h4-11,18H,12-14H2,1-3H3,(H,22,27)(H,23,26). The maximum Gasteiger partial charge on any atom is 0.321 e. The number of hydrogen-bond donors (Lipinski definition) is 2. The highest BCUT2D eigenvalue weighted by atomic mass is 16.5. The first kappa shape index (κ1) is 19.7. The van der Waals surface area contributed by atoms with Crippen LogP contribution in [0.4, 0.5) is 10.5 Å². The molecule has 3 amide bonds. The van der Waals surface area contributed by atoms with Crippen LogP contribution in [0.1, 0.15) is 22.0 Å². The number of nitrogens with zero attached hydrogens (tertiary/aromatic N) is 2. The largest absolute Gasteiger partial charge is 0.496 e. The molecular weight excluding hydrogens is 356 g/mol. The van der Waals surface area contributed by atoms with Crippen LogP contribution in [0.25, 0.3) is 0 Å². The van der Waals surface area contributed by atoms with Gasteiger partial charge in [-0.25, -0.2) is 4.79 Å². The average molecular weight is 382 g/mol. The Morgan fingerprint density at radius 2 is 1.93 bits per heavy atom. The van der Waals surface area contributed by atoms with Crippen molar-refractivity contribution < 1.29 is 14.3 Å². The van der Waals surface area contributed by atoms with Crippen molar-refractivity contribution in [3.8, 4) is 5.75 Å². The molecule has 3 rings (SSSR count). The third-order valence-corrected chi connectivity index (χ3v) is 4.88. The molecule has 2 N–H and O–H groups in total. The van der Waals surface area contributed by atoms with E-state index in [0.29, 0.717) is 25.2 Å². The molecule has 0 aliphatic carbocycles. The quantitative estimate of drug-likeness (QED) is 0.770. The summed E-state index contributed by atoms with van der Waals surface area (Å²) in [5.74, 6) is 0.642. The maximum absolute atomic E-state index is 12.6. The molecule has 1 fully saturated rings. The van der Waals surface area contributed by atoms with Gasteiger partial charge in [0, 0.05) is 36.4 Å². The maximum atomic E-state index is 12.6. The fraction of sp³-hybridized carbons (Fsp3) is 0.333. The number of amides is 3. The first-order valence-electron chi connectivity index (χ1n) is 9.24. The molecule has 0 bridgehead atoms. The highest BCUT2D eigenvalue weighted by molar-refractivity contribution is 5.97. The molecule has 2 aromatic carbocycles. The van der Waals surface area contributed by atoms with E-state index in [1.54, 1.807) is 36.3 Å². The fourth-order valence-electron chi connectivity index (χ4n) is 3.31. The van der Waals surface area contributed by atoms with Crippen LogP contribution in [-0.2, 0) is 0 Å². The third-order valence-electron chi connectivity index (χ3n) is 4.88. The molecule has 148 valence electrons. The minimum atomic E-state index is -0.154. The number of methoxy groups -OCH3 is 1. The second-order valence-electron chi connectivity index (χ2n) is 6.86. The Hall–Kier alpha value is -3.06. The summed E-state index contributed by atoms with van der Waals surface area (Å²) in [5.41, 5.74) is 2.36. The minimum Gasteiger partial charge on any atom is -0.496 e. The predicted octanol–water partition coefficient (Wildman–Crippen LogP) is 2.26. The van der Waals surface area contributed by atoms with E-state index in [1.165, 1.54) is 0 Å². The molecule has 1 heterocycles. The number of likely N-dealkylation sites (N-methyl/N-ethyl adjacent to an activating group) is 1. The lowest BCUT2D eigenvalue weighted by atomic mass is 10.0. The molecular formula is C21H26N4O3. The van der Waals surface area contributed by atoms with Crippen LogP contribution >= 0.6 is 0 Å². The van der Waals surface area contributed by atoms with Gasteiger partial charge >= 0.3 is 6.03 Å². The van der Waals surface area contributed by atoms with Gasteiger partial charge in [-0.2, -0.15) is 0 Å². The third kappa shape index (κ3) is 4.26. The Balaban J connectivity index is 1.67. The zero-order valence-electron chi connectivity index (χ0n) is 16.4. The Labute approximate surface area is 165 Å². The Morgan fingerprint density at radius 3 is 2.54 bits per heavy atom. The SMILES string of the molecule is COc1ccccc1C(CNC(=O)c1ccc(N2CCNC2=O)cc1)N(C)C. The Morgan fingerprint density at radius 1 is 1.21 bits per heavy atom. The van der Waals surface area contributed by atoms with Gasteiger partial charge in [0.05, 0.1) is 13.2 Å². The van der Waals surface area contributed by atoms with E-state index >= 15 is 0 Å². The summed E-state index contributed by atoms with van der Waals surface area (Å²) in [6.07, 6.45) is 0. The second kappa shape index (κ2) is 8.75. The summed E-state index contributed by atoms with van der Waals surface area (Å²) in [5, 5.41) is 5.77. The van der Waals surface area contributed by atoms with Crippen LogP contribution in [0.2, 0.25) is 0 Å². The van der Waals surface area contributed by atoms with E-state index < -0.39 is 0 Å². The van der Waals surface area contributed by atoms with Crippen LogP contribution in [0.15, 0.2) is 48.5 Å². The topological polar surface area (TPSA) is 73.9 Å². The van der Waals surface area contributed by atoms with Gasteiger partial charge < -0.3 is 20.3 Å². The lowest BCUT2D eigenvalue weighted by Gasteiger charge is -2.26. The zero-order valence-corrected chi connectivity index (χ0v) is 16.4. The normalized spacial score (nSPS) is 14.7. The van der Waals surface area contributed by atoms with Crippen molar-refractivity contribution in [2.45, 2.75) is 6.04 Å². The van der Waals surface area contributed by atoms with E-state index in [0.717, 1.165) is 17.0 Å². The molecule has 0 aromatic heterocycles. The molecule has 1 atom stereocenters. The molecule has 7 nitrogen and oxygen atoms in total. The highest BCUT2D eigenvalue weighted by Gasteiger charge is 2.22. The summed E-state index contributed by atoms with van der Waals surface area (Å²) in [4.78, 5) is 28.1. The molecule has 28 heavy (non-hydrogen) atoms. The van der Waals surface area contributed by atoms with Crippen LogP contribution in [0.5, 0.6) is 5.75 Å². The summed E-state index contributed by atoms with van der Waals surface area (Å²) in [6.45, 7) is 1.71. The monoisotopic (exact) mass is 382 g/mol. The molecule has 1 aliphatic rings. The van der Waals surface area contributed by atoms with Gasteiger partial charge in [0.25, 0.3) is 5.91 Å². The number of carbonyl (C=O) groups is 2. The molecule has 0 spiro atoms. The number of ether oxygens (including phenoxy) is 1. The fourth-order valence-corrected chi connectivity index (χ4v) is 3.31. The van der Waals surface area contributed by atoms with Gasteiger partial charge in [-0.15, -0.1) is 0 Å². The molecule has 2 aromatic rings. The van der Waals surface area contributed by atoms with Gasteiger partial charge in [-0.1, -0.05) is 18.2 Å². The molecule has 0 radical (unpaired) electrons. The van der Waals surface area contributed by atoms with Crippen LogP contribution in [-0.4, -0.2) is 57.7 Å². The molecule has 0 saturated carbocycles. The predicted molar refractivity (Wildman–Crippen MR) is 109 cm³/mol. The van der Waals surface area contributed by atoms with E-state index in [4.69, 9.17) is 4.74 Å². The zero-order chi connectivity index (χ0) is 20.1. The van der Waals surface area contributed by atoms with E-state index in [1.807, 2.05) is 43.3 Å². The number of hydrogen-bond acceptors (Lipinski definition) is 4. The van der Waals surface area contributed by atoms with Gasteiger partial charge in [-0.3, -0.25) is 9.69 Å². The van der Waals surface area contributed by atoms with Crippen molar-refractivity contribution in [1.82, 2.24) is 15.5 Å². The number of urea groups is 1. The number of carbonyl (C=O) groups excluding carboxylic acids is 2. The number of anilines is 1. The van der Waals surface area contributed by atoms with Crippen molar-refractivity contribution in [3.05, 3.63) is 59.7 Å². The second-order valence-corrected chi connectivity index (χ2v) is 6.86. The van der Waals surface area contributed by atoms with Crippen molar-refractivity contribution in [3.63, 3.8) is 0 Å². The van der Waals surface area contributed by atoms with Gasteiger partial charge in [0.15, 0.2) is 0 Å². The lowest BCUT2D eigenvalue weighted by molar-refractivity contribution is 0.0941. The van der Waals surface area contributed by atoms with Gasteiger partial charge in [0.2, 0.25) is 0 Å². The van der Waals surface area contributed by atoms with Crippen molar-refractivity contribution >= 4 is 17.6 Å². The van der Waals surface area contributed by atoms with Crippen molar-refractivity contribution in [1.29, 1.82) is 0 Å². The summed E-state index contributed by atoms with van der Waals surface area (Å²) in [7, 11) is 5.59. The first-order valence-corrected chi connectivity index (χ1v) is 9.24. The highest BCUT2D eigenvalue weighted by Crippen LogP contribution is 2.27. The smallest absolute Gasteiger partial charge is 0.321 e. The number of rotatable bonds is 7. The lowest BCUT2D eigenvalue weighted by Crippen LogP contribution is -2.34. The Kier molecular flexibility index (Phi) is 6.16. The van der Waals surface area contributed by atoms with Gasteiger partial charge in [-0.05, 0) is 44.4 Å². The van der Waals surface area contributed by atoms with Crippen molar-refractivity contribution in [2.24, 2.45) is 0 Å². The summed E-state index contributed by atoms with van der Waals surface area (Å²) < 4.78 is 5.46. The van der Waals surface area contributed by atoms with E-state index in [2.05, 4.69) is 10.6 Å². The number of nitrogens with one attached hydrogen (secondary N) is 2. The van der Waals surface area contributed by atoms with Crippen LogP contribution in [0.3, 0.4) is 0 Å². The van der Waals surface area contributed by atoms with Crippen molar-refractivity contribution in [2.75, 3.05) is 45.7 Å². The van der Waals surface area contributed by atoms with E-state index in [-0.39, 0.29) is 18.0 Å². The summed E-state index contributed by atoms with van der Waals surface area (Å²) >= 11 is 0. The molecule has 1 saturated heterocycles.